The summed E-state index contributed by atoms with van der Waals surface area (Å²) in [6.07, 6.45) is 4.14. The summed E-state index contributed by atoms with van der Waals surface area (Å²) in [5.74, 6) is 1.10. The molecular formula is C20H37N5O2S2. The van der Waals surface area contributed by atoms with E-state index in [0.29, 0.717) is 19.1 Å². The average molecular weight is 444 g/mol. The van der Waals surface area contributed by atoms with Gasteiger partial charge in [0.1, 0.15) is 9.84 Å². The van der Waals surface area contributed by atoms with E-state index in [1.807, 2.05) is 0 Å². The van der Waals surface area contributed by atoms with Crippen LogP contribution in [0.4, 0.5) is 0 Å². The summed E-state index contributed by atoms with van der Waals surface area (Å²) in [6.45, 7) is 12.6. The molecule has 0 radical (unpaired) electrons. The van der Waals surface area contributed by atoms with Crippen LogP contribution < -0.4 is 10.6 Å². The standard InChI is InChI=1S/C20H37N5O2S2/c1-6-21-19(22-10-7-18-24-17(15-28-18)20(2,3)4)23-16-8-11-25(12-9-16)13-14-29(5,26)27/h15-16H,6-14H2,1-5H3,(H2,21,22,23). The third kappa shape index (κ3) is 9.00. The van der Waals surface area contributed by atoms with Crippen molar-refractivity contribution in [3.05, 3.63) is 16.1 Å². The molecule has 2 N–H and O–H groups in total. The van der Waals surface area contributed by atoms with E-state index in [1.165, 1.54) is 6.26 Å². The van der Waals surface area contributed by atoms with Gasteiger partial charge in [-0.1, -0.05) is 20.8 Å². The molecule has 1 aliphatic heterocycles. The molecule has 0 spiro atoms. The fourth-order valence-electron chi connectivity index (χ4n) is 3.14. The number of nitrogens with one attached hydrogen (secondary N) is 2. The number of nitrogens with zero attached hydrogens (tertiary/aromatic N) is 3. The minimum Gasteiger partial charge on any atom is -0.357 e. The molecule has 0 atom stereocenters. The SMILES string of the molecule is CCNC(=NCCc1nc(C(C)(C)C)cs1)NC1CCN(CCS(C)(=O)=O)CC1. The molecule has 0 amide bonds. The third-order valence-electron chi connectivity index (χ3n) is 4.97. The zero-order chi connectivity index (χ0) is 21.5. The molecule has 29 heavy (non-hydrogen) atoms. The van der Waals surface area contributed by atoms with Gasteiger partial charge in [-0.15, -0.1) is 11.3 Å². The number of aromatic nitrogens is 1. The van der Waals surface area contributed by atoms with Crippen molar-refractivity contribution in [2.45, 2.75) is 58.4 Å². The Morgan fingerprint density at radius 3 is 2.59 bits per heavy atom. The lowest BCUT2D eigenvalue weighted by Gasteiger charge is -2.32. The Morgan fingerprint density at radius 1 is 1.34 bits per heavy atom. The highest BCUT2D eigenvalue weighted by atomic mass is 32.2. The van der Waals surface area contributed by atoms with Crippen molar-refractivity contribution in [3.63, 3.8) is 0 Å². The highest BCUT2D eigenvalue weighted by Crippen LogP contribution is 2.24. The normalized spacial score (nSPS) is 17.5. The van der Waals surface area contributed by atoms with E-state index in [1.54, 1.807) is 11.3 Å². The zero-order valence-electron chi connectivity index (χ0n) is 18.5. The van der Waals surface area contributed by atoms with E-state index in [4.69, 9.17) is 9.98 Å². The predicted molar refractivity (Wildman–Crippen MR) is 123 cm³/mol. The van der Waals surface area contributed by atoms with Crippen LogP contribution in [0.3, 0.4) is 0 Å². The minimum atomic E-state index is -2.89. The number of likely N-dealkylation sites (tertiary alicyclic amines) is 1. The first-order valence-corrected chi connectivity index (χ1v) is 13.4. The molecule has 1 aromatic heterocycles. The Kier molecular flexibility index (Phi) is 8.91. The predicted octanol–water partition coefficient (Wildman–Crippen LogP) is 2.05. The molecule has 2 heterocycles. The van der Waals surface area contributed by atoms with Gasteiger partial charge in [0.2, 0.25) is 0 Å². The molecule has 0 aliphatic carbocycles. The van der Waals surface area contributed by atoms with Crippen molar-refractivity contribution in [2.24, 2.45) is 4.99 Å². The molecular weight excluding hydrogens is 406 g/mol. The number of sulfone groups is 1. The summed E-state index contributed by atoms with van der Waals surface area (Å²) < 4.78 is 22.7. The molecule has 0 unspecified atom stereocenters. The number of rotatable bonds is 8. The largest absolute Gasteiger partial charge is 0.357 e. The van der Waals surface area contributed by atoms with Crippen LogP contribution in [0, 0.1) is 0 Å². The molecule has 1 saturated heterocycles. The molecule has 1 aliphatic rings. The molecule has 1 aromatic rings. The van der Waals surface area contributed by atoms with Gasteiger partial charge in [-0.2, -0.15) is 0 Å². The monoisotopic (exact) mass is 443 g/mol. The fraction of sp³-hybridized carbons (Fsp3) is 0.800. The van der Waals surface area contributed by atoms with E-state index in [2.05, 4.69) is 48.6 Å². The van der Waals surface area contributed by atoms with Gasteiger partial charge in [-0.05, 0) is 19.8 Å². The Hall–Kier alpha value is -1.19. The van der Waals surface area contributed by atoms with E-state index in [-0.39, 0.29) is 11.2 Å². The van der Waals surface area contributed by atoms with Gasteiger partial charge in [0, 0.05) is 62.2 Å². The number of guanidine groups is 1. The molecule has 7 nitrogen and oxygen atoms in total. The smallest absolute Gasteiger partial charge is 0.191 e. The number of hydrogen-bond acceptors (Lipinski definition) is 6. The van der Waals surface area contributed by atoms with Crippen molar-refractivity contribution in [1.82, 2.24) is 20.5 Å². The van der Waals surface area contributed by atoms with Gasteiger partial charge in [-0.25, -0.2) is 13.4 Å². The first kappa shape index (κ1) is 24.1. The third-order valence-corrected chi connectivity index (χ3v) is 6.80. The average Bonchev–Trinajstić information content (AvgIpc) is 3.10. The molecule has 9 heteroatoms. The van der Waals surface area contributed by atoms with Crippen LogP contribution in [-0.4, -0.2) is 75.0 Å². The van der Waals surface area contributed by atoms with Crippen LogP contribution in [0.5, 0.6) is 0 Å². The Bertz CT molecular complexity index is 760. The van der Waals surface area contributed by atoms with Crippen LogP contribution in [0.25, 0.3) is 0 Å². The zero-order valence-corrected chi connectivity index (χ0v) is 20.1. The maximum absolute atomic E-state index is 11.3. The molecule has 1 fully saturated rings. The quantitative estimate of drug-likeness (QED) is 0.472. The van der Waals surface area contributed by atoms with E-state index < -0.39 is 9.84 Å². The number of thiazole rings is 1. The second-order valence-corrected chi connectivity index (χ2v) is 12.0. The van der Waals surface area contributed by atoms with Gasteiger partial charge < -0.3 is 15.5 Å². The summed E-state index contributed by atoms with van der Waals surface area (Å²) in [7, 11) is -2.89. The van der Waals surface area contributed by atoms with Gasteiger partial charge in [0.15, 0.2) is 5.96 Å². The topological polar surface area (TPSA) is 86.7 Å². The van der Waals surface area contributed by atoms with E-state index in [9.17, 15) is 8.42 Å². The van der Waals surface area contributed by atoms with E-state index in [0.717, 1.165) is 55.6 Å². The van der Waals surface area contributed by atoms with Crippen LogP contribution >= 0.6 is 11.3 Å². The molecule has 2 rings (SSSR count). The first-order chi connectivity index (χ1) is 13.6. The van der Waals surface area contributed by atoms with Crippen molar-refractivity contribution in [3.8, 4) is 0 Å². The van der Waals surface area contributed by atoms with Crippen LogP contribution in [0.15, 0.2) is 10.4 Å². The Labute approximate surface area is 180 Å². The minimum absolute atomic E-state index is 0.0880. The van der Waals surface area contributed by atoms with Crippen molar-refractivity contribution >= 4 is 27.1 Å². The molecule has 0 saturated carbocycles. The Morgan fingerprint density at radius 2 is 2.03 bits per heavy atom. The summed E-state index contributed by atoms with van der Waals surface area (Å²) >= 11 is 1.71. The summed E-state index contributed by atoms with van der Waals surface area (Å²) in [5, 5.41) is 10.2. The molecule has 166 valence electrons. The van der Waals surface area contributed by atoms with Crippen molar-refractivity contribution in [1.29, 1.82) is 0 Å². The maximum atomic E-state index is 11.3. The lowest BCUT2D eigenvalue weighted by Crippen LogP contribution is -2.49. The number of hydrogen-bond donors (Lipinski definition) is 2. The van der Waals surface area contributed by atoms with Crippen LogP contribution in [0.2, 0.25) is 0 Å². The van der Waals surface area contributed by atoms with E-state index >= 15 is 0 Å². The lowest BCUT2D eigenvalue weighted by molar-refractivity contribution is 0.216. The van der Waals surface area contributed by atoms with Gasteiger partial charge in [0.05, 0.1) is 16.5 Å². The Balaban J connectivity index is 1.80. The number of aliphatic imine (C=N–C) groups is 1. The van der Waals surface area contributed by atoms with Crippen LogP contribution in [-0.2, 0) is 21.7 Å². The van der Waals surface area contributed by atoms with Crippen LogP contribution in [0.1, 0.15) is 51.2 Å². The fourth-order valence-corrected chi connectivity index (χ4v) is 4.75. The van der Waals surface area contributed by atoms with Crippen molar-refractivity contribution < 1.29 is 8.42 Å². The highest BCUT2D eigenvalue weighted by Gasteiger charge is 2.21. The first-order valence-electron chi connectivity index (χ1n) is 10.5. The maximum Gasteiger partial charge on any atom is 0.191 e. The van der Waals surface area contributed by atoms with Crippen molar-refractivity contribution in [2.75, 3.05) is 44.7 Å². The second kappa shape index (κ2) is 10.7. The summed E-state index contributed by atoms with van der Waals surface area (Å²) in [4.78, 5) is 11.7. The number of piperidine rings is 1. The van der Waals surface area contributed by atoms with Gasteiger partial charge >= 0.3 is 0 Å². The molecule has 0 bridgehead atoms. The van der Waals surface area contributed by atoms with Gasteiger partial charge in [0.25, 0.3) is 0 Å². The van der Waals surface area contributed by atoms with Gasteiger partial charge in [-0.3, -0.25) is 4.99 Å². The second-order valence-electron chi connectivity index (χ2n) is 8.78. The lowest BCUT2D eigenvalue weighted by atomic mass is 9.93. The summed E-state index contributed by atoms with van der Waals surface area (Å²) in [6, 6.07) is 0.370. The summed E-state index contributed by atoms with van der Waals surface area (Å²) in [5.41, 5.74) is 1.24. The molecule has 0 aromatic carbocycles. The highest BCUT2D eigenvalue weighted by molar-refractivity contribution is 7.90.